The maximum atomic E-state index is 13.7. The molecule has 0 aliphatic carbocycles. The lowest BCUT2D eigenvalue weighted by Gasteiger charge is -2.31. The summed E-state index contributed by atoms with van der Waals surface area (Å²) in [6, 6.07) is 8.74. The van der Waals surface area contributed by atoms with E-state index in [1.54, 1.807) is 30.8 Å². The third kappa shape index (κ3) is 5.84. The Labute approximate surface area is 246 Å². The summed E-state index contributed by atoms with van der Waals surface area (Å²) in [4.78, 5) is 15.3. The van der Waals surface area contributed by atoms with Crippen molar-refractivity contribution in [2.24, 2.45) is 0 Å². The van der Waals surface area contributed by atoms with Gasteiger partial charge in [-0.3, -0.25) is 14.0 Å². The van der Waals surface area contributed by atoms with E-state index in [0.717, 1.165) is 22.2 Å². The van der Waals surface area contributed by atoms with E-state index < -0.39 is 22.0 Å². The molecular formula is C29H35ClN6O4S. The first-order valence-corrected chi connectivity index (χ1v) is 15.4. The van der Waals surface area contributed by atoms with Gasteiger partial charge < -0.3 is 10.1 Å². The van der Waals surface area contributed by atoms with Crippen molar-refractivity contribution in [2.75, 3.05) is 13.7 Å². The Morgan fingerprint density at radius 1 is 1.20 bits per heavy atom. The number of hydrogen-bond acceptors (Lipinski definition) is 7. The van der Waals surface area contributed by atoms with Crippen molar-refractivity contribution in [3.05, 3.63) is 81.9 Å². The van der Waals surface area contributed by atoms with Crippen molar-refractivity contribution in [1.29, 1.82) is 0 Å². The number of fused-ring (bicyclic) bond motifs is 1. The second kappa shape index (κ2) is 11.5. The molecule has 3 aromatic rings. The summed E-state index contributed by atoms with van der Waals surface area (Å²) in [5.41, 5.74) is 3.83. The number of aryl methyl sites for hydroxylation is 2. The molecule has 0 fully saturated rings. The van der Waals surface area contributed by atoms with Crippen LogP contribution < -0.4 is 10.1 Å². The minimum absolute atomic E-state index is 0.0531. The van der Waals surface area contributed by atoms with Gasteiger partial charge in [0.25, 0.3) is 10.0 Å². The van der Waals surface area contributed by atoms with Gasteiger partial charge >= 0.3 is 0 Å². The number of nitrogens with one attached hydrogen (secondary N) is 1. The molecule has 2 aliphatic rings. The fourth-order valence-corrected chi connectivity index (χ4v) is 7.06. The highest BCUT2D eigenvalue weighted by Crippen LogP contribution is 2.36. The molecule has 218 valence electrons. The minimum Gasteiger partial charge on any atom is -0.493 e. The number of sulfonamides is 1. The fraction of sp³-hybridized carbons (Fsp3) is 0.414. The molecule has 3 heterocycles. The summed E-state index contributed by atoms with van der Waals surface area (Å²) in [5, 5.41) is 11.8. The molecule has 2 unspecified atom stereocenters. The van der Waals surface area contributed by atoms with Crippen LogP contribution in [0.5, 0.6) is 5.75 Å². The van der Waals surface area contributed by atoms with Crippen LogP contribution in [0, 0.1) is 13.8 Å². The Hall–Kier alpha value is -3.41. The zero-order valence-electron chi connectivity index (χ0n) is 23.8. The number of hydrogen-bond donors (Lipinski definition) is 1. The lowest BCUT2D eigenvalue weighted by Crippen LogP contribution is -2.50. The quantitative estimate of drug-likeness (QED) is 0.418. The van der Waals surface area contributed by atoms with Gasteiger partial charge in [0.05, 0.1) is 23.2 Å². The van der Waals surface area contributed by atoms with E-state index in [9.17, 15) is 13.2 Å². The van der Waals surface area contributed by atoms with Crippen molar-refractivity contribution < 1.29 is 17.9 Å². The smallest absolute Gasteiger partial charge is 0.264 e. The van der Waals surface area contributed by atoms with Crippen molar-refractivity contribution >= 4 is 27.5 Å². The normalized spacial score (nSPS) is 18.9. The molecule has 0 bridgehead atoms. The van der Waals surface area contributed by atoms with Gasteiger partial charge in [-0.05, 0) is 69.6 Å². The predicted octanol–water partition coefficient (Wildman–Crippen LogP) is 3.96. The number of amides is 1. The number of halogens is 1. The van der Waals surface area contributed by atoms with Gasteiger partial charge in [0.15, 0.2) is 0 Å². The Morgan fingerprint density at radius 3 is 2.73 bits per heavy atom. The molecule has 1 N–H and O–H groups in total. The van der Waals surface area contributed by atoms with Crippen LogP contribution in [0.3, 0.4) is 0 Å². The SMILES string of the molecule is Cc1cc(S(=O)(=O)N2C=CNC(=O)C2Cc2cn(C3CCOc4cc(CN(C)C(C)C)ccc43)nn2)c(C)cc1Cl. The Bertz CT molecular complexity index is 1600. The van der Waals surface area contributed by atoms with Gasteiger partial charge in [-0.2, -0.15) is 0 Å². The molecule has 2 aromatic carbocycles. The molecule has 5 rings (SSSR count). The molecular weight excluding hydrogens is 564 g/mol. The molecule has 1 aromatic heterocycles. The van der Waals surface area contributed by atoms with E-state index in [-0.39, 0.29) is 17.4 Å². The third-order valence-corrected chi connectivity index (χ3v) is 10.1. The van der Waals surface area contributed by atoms with Crippen LogP contribution in [0.2, 0.25) is 5.02 Å². The second-order valence-corrected chi connectivity index (χ2v) is 13.2. The standard InChI is InChI=1S/C29H35ClN6O4S/c1-18(2)34(5)16-21-6-7-23-25(8-11-40-27(23)14-21)35-17-22(32-33-35)15-26-29(37)31-9-10-36(26)41(38,39)28-13-19(3)24(30)12-20(28)4/h6-7,9-10,12-14,17-18,25-26H,8,11,15-16H2,1-5H3,(H,31,37). The molecule has 10 nitrogen and oxygen atoms in total. The summed E-state index contributed by atoms with van der Waals surface area (Å²) < 4.78 is 36.3. The molecule has 12 heteroatoms. The highest BCUT2D eigenvalue weighted by Gasteiger charge is 2.37. The van der Waals surface area contributed by atoms with Crippen LogP contribution in [-0.2, 0) is 27.8 Å². The van der Waals surface area contributed by atoms with Crippen LogP contribution in [0.4, 0.5) is 0 Å². The summed E-state index contributed by atoms with van der Waals surface area (Å²) in [7, 11) is -1.96. The Balaban J connectivity index is 1.39. The average Bonchev–Trinajstić information content (AvgIpc) is 3.39. The molecule has 0 saturated carbocycles. The van der Waals surface area contributed by atoms with E-state index >= 15 is 0 Å². The van der Waals surface area contributed by atoms with Crippen molar-refractivity contribution in [2.45, 2.75) is 70.1 Å². The second-order valence-electron chi connectivity index (χ2n) is 11.0. The van der Waals surface area contributed by atoms with Crippen LogP contribution in [-0.4, -0.2) is 64.3 Å². The molecule has 0 saturated heterocycles. The summed E-state index contributed by atoms with van der Waals surface area (Å²) in [6.45, 7) is 9.11. The largest absolute Gasteiger partial charge is 0.493 e. The number of rotatable bonds is 8. The summed E-state index contributed by atoms with van der Waals surface area (Å²) in [6.07, 6.45) is 5.25. The van der Waals surface area contributed by atoms with Crippen molar-refractivity contribution in [3.63, 3.8) is 0 Å². The Morgan fingerprint density at radius 2 is 1.98 bits per heavy atom. The number of ether oxygens (including phenoxy) is 1. The number of aromatic nitrogens is 3. The zero-order valence-corrected chi connectivity index (χ0v) is 25.4. The van der Waals surface area contributed by atoms with Gasteiger partial charge in [-0.25, -0.2) is 13.1 Å². The molecule has 1 amide bonds. The molecule has 2 aliphatic heterocycles. The predicted molar refractivity (Wildman–Crippen MR) is 156 cm³/mol. The van der Waals surface area contributed by atoms with Gasteiger partial charge in [-0.15, -0.1) is 5.10 Å². The lowest BCUT2D eigenvalue weighted by molar-refractivity contribution is -0.124. The Kier molecular flexibility index (Phi) is 8.13. The van der Waals surface area contributed by atoms with E-state index in [1.165, 1.54) is 24.0 Å². The average molecular weight is 599 g/mol. The number of benzene rings is 2. The first-order chi connectivity index (χ1) is 19.5. The lowest BCUT2D eigenvalue weighted by atomic mass is 9.98. The van der Waals surface area contributed by atoms with Crippen LogP contribution in [0.25, 0.3) is 0 Å². The fourth-order valence-electron chi connectivity index (χ4n) is 5.10. The maximum absolute atomic E-state index is 13.7. The number of carbonyl (C=O) groups is 1. The van der Waals surface area contributed by atoms with E-state index in [0.29, 0.717) is 40.9 Å². The van der Waals surface area contributed by atoms with Gasteiger partial charge in [0.2, 0.25) is 5.91 Å². The summed E-state index contributed by atoms with van der Waals surface area (Å²) >= 11 is 6.20. The maximum Gasteiger partial charge on any atom is 0.264 e. The first kappa shape index (κ1) is 29.1. The van der Waals surface area contributed by atoms with Gasteiger partial charge in [-0.1, -0.05) is 28.9 Å². The van der Waals surface area contributed by atoms with Crippen LogP contribution >= 0.6 is 11.6 Å². The third-order valence-electron chi connectivity index (χ3n) is 7.75. The topological polar surface area (TPSA) is 110 Å². The minimum atomic E-state index is -4.05. The van der Waals surface area contributed by atoms with E-state index in [4.69, 9.17) is 16.3 Å². The van der Waals surface area contributed by atoms with Crippen LogP contribution in [0.1, 0.15) is 54.3 Å². The molecule has 41 heavy (non-hydrogen) atoms. The van der Waals surface area contributed by atoms with Crippen LogP contribution in [0.15, 0.2) is 53.8 Å². The molecule has 0 radical (unpaired) electrons. The van der Waals surface area contributed by atoms with Gasteiger partial charge in [0.1, 0.15) is 11.8 Å². The zero-order chi connectivity index (χ0) is 29.5. The molecule has 0 spiro atoms. The van der Waals surface area contributed by atoms with E-state index in [2.05, 4.69) is 59.6 Å². The van der Waals surface area contributed by atoms with Crippen molar-refractivity contribution in [1.82, 2.24) is 29.5 Å². The molecule has 2 atom stereocenters. The van der Waals surface area contributed by atoms with Gasteiger partial charge in [0, 0.05) is 54.6 Å². The van der Waals surface area contributed by atoms with Crippen molar-refractivity contribution in [3.8, 4) is 5.75 Å². The highest BCUT2D eigenvalue weighted by atomic mass is 35.5. The monoisotopic (exact) mass is 598 g/mol. The number of carbonyl (C=O) groups excluding carboxylic acids is 1. The first-order valence-electron chi connectivity index (χ1n) is 13.6. The highest BCUT2D eigenvalue weighted by molar-refractivity contribution is 7.89. The number of nitrogens with zero attached hydrogens (tertiary/aromatic N) is 5. The van der Waals surface area contributed by atoms with E-state index in [1.807, 2.05) is 0 Å². The summed E-state index contributed by atoms with van der Waals surface area (Å²) in [5.74, 6) is 0.389.